The minimum Gasteiger partial charge on any atom is -0.398 e. The topological polar surface area (TPSA) is 98.2 Å². The van der Waals surface area contributed by atoms with Gasteiger partial charge < -0.3 is 11.1 Å². The first kappa shape index (κ1) is 15.1. The number of nitrogen functional groups attached to an aromatic ring is 1. The Morgan fingerprint density at radius 2 is 1.70 bits per heavy atom. The van der Waals surface area contributed by atoms with E-state index >= 15 is 0 Å². The fraction of sp³-hybridized carbons (Fsp3) is 0. The van der Waals surface area contributed by atoms with E-state index < -0.39 is 10.0 Å². The van der Waals surface area contributed by atoms with Crippen LogP contribution < -0.4 is 16.2 Å². The highest BCUT2D eigenvalue weighted by molar-refractivity contribution is 9.10. The van der Waals surface area contributed by atoms with Gasteiger partial charge in [-0.2, -0.15) is 0 Å². The monoisotopic (exact) mass is 375 g/mol. The molecule has 0 radical (unpaired) electrons. The molecule has 0 amide bonds. The van der Waals surface area contributed by atoms with Crippen LogP contribution >= 0.6 is 27.5 Å². The molecule has 0 atom stereocenters. The molecule has 0 aliphatic rings. The average Bonchev–Trinajstić information content (AvgIpc) is 2.32. The van der Waals surface area contributed by atoms with Gasteiger partial charge in [0.1, 0.15) is 4.90 Å². The fourth-order valence-electron chi connectivity index (χ4n) is 1.63. The second-order valence-corrected chi connectivity index (χ2v) is 6.84. The van der Waals surface area contributed by atoms with E-state index in [1.807, 2.05) is 6.07 Å². The lowest BCUT2D eigenvalue weighted by molar-refractivity contribution is 0.598. The van der Waals surface area contributed by atoms with Crippen molar-refractivity contribution in [3.8, 4) is 0 Å². The maximum atomic E-state index is 11.3. The summed E-state index contributed by atoms with van der Waals surface area (Å²) in [5, 5.41) is 8.68. The molecule has 5 N–H and O–H groups in total. The van der Waals surface area contributed by atoms with E-state index in [1.54, 1.807) is 18.2 Å². The molecule has 2 rings (SSSR count). The van der Waals surface area contributed by atoms with E-state index in [-0.39, 0.29) is 10.6 Å². The molecule has 0 unspecified atom stereocenters. The first-order chi connectivity index (χ1) is 9.27. The zero-order valence-electron chi connectivity index (χ0n) is 10.1. The zero-order chi connectivity index (χ0) is 14.9. The van der Waals surface area contributed by atoms with Crippen molar-refractivity contribution in [1.29, 1.82) is 0 Å². The Morgan fingerprint density at radius 3 is 2.25 bits per heavy atom. The number of hydrogen-bond acceptors (Lipinski definition) is 4. The van der Waals surface area contributed by atoms with Crippen molar-refractivity contribution in [2.45, 2.75) is 4.90 Å². The van der Waals surface area contributed by atoms with Gasteiger partial charge in [0.15, 0.2) is 0 Å². The number of hydrogen-bond donors (Lipinski definition) is 3. The molecule has 0 bridgehead atoms. The summed E-state index contributed by atoms with van der Waals surface area (Å²) in [4.78, 5) is -0.100. The summed E-state index contributed by atoms with van der Waals surface area (Å²) in [6.07, 6.45) is 0. The van der Waals surface area contributed by atoms with Crippen molar-refractivity contribution in [3.63, 3.8) is 0 Å². The van der Waals surface area contributed by atoms with Gasteiger partial charge in [-0.15, -0.1) is 0 Å². The van der Waals surface area contributed by atoms with Gasteiger partial charge in [-0.3, -0.25) is 0 Å². The van der Waals surface area contributed by atoms with Crippen LogP contribution in [0.25, 0.3) is 0 Å². The molecule has 2 aromatic carbocycles. The largest absolute Gasteiger partial charge is 0.398 e. The molecule has 0 aliphatic heterocycles. The number of anilines is 3. The lowest BCUT2D eigenvalue weighted by Crippen LogP contribution is -2.14. The standard InChI is InChI=1S/C12H11BrClN3O2S/c13-9-3-1-7(5-10(9)14)17-8-2-4-12(11(15)6-8)20(16,18)19/h1-6,17H,15H2,(H2,16,18,19). The van der Waals surface area contributed by atoms with Gasteiger partial charge in [0.2, 0.25) is 10.0 Å². The summed E-state index contributed by atoms with van der Waals surface area (Å²) in [6.45, 7) is 0. The van der Waals surface area contributed by atoms with Crippen LogP contribution in [0.15, 0.2) is 45.8 Å². The Kier molecular flexibility index (Phi) is 4.24. The summed E-state index contributed by atoms with van der Waals surface area (Å²) in [7, 11) is -3.82. The van der Waals surface area contributed by atoms with Crippen LogP contribution in [0, 0.1) is 0 Å². The van der Waals surface area contributed by atoms with Crippen molar-refractivity contribution in [3.05, 3.63) is 45.9 Å². The average molecular weight is 377 g/mol. The molecule has 0 spiro atoms. The number of halogens is 2. The number of sulfonamides is 1. The number of nitrogens with one attached hydrogen (secondary N) is 1. The Labute approximate surface area is 130 Å². The smallest absolute Gasteiger partial charge is 0.240 e. The predicted octanol–water partition coefficient (Wildman–Crippen LogP) is 3.08. The van der Waals surface area contributed by atoms with Gasteiger partial charge in [0, 0.05) is 15.8 Å². The maximum Gasteiger partial charge on any atom is 0.240 e. The quantitative estimate of drug-likeness (QED) is 0.717. The molecule has 8 heteroatoms. The highest BCUT2D eigenvalue weighted by Gasteiger charge is 2.12. The van der Waals surface area contributed by atoms with Crippen LogP contribution in [0.1, 0.15) is 0 Å². The summed E-state index contributed by atoms with van der Waals surface area (Å²) in [5.41, 5.74) is 7.15. The van der Waals surface area contributed by atoms with Crippen LogP contribution in [0.3, 0.4) is 0 Å². The van der Waals surface area contributed by atoms with E-state index in [2.05, 4.69) is 21.2 Å². The highest BCUT2D eigenvalue weighted by Crippen LogP contribution is 2.28. The predicted molar refractivity (Wildman–Crippen MR) is 84.7 cm³/mol. The number of benzene rings is 2. The molecule has 0 aromatic heterocycles. The Balaban J connectivity index is 2.31. The second-order valence-electron chi connectivity index (χ2n) is 4.05. The molecule has 2 aromatic rings. The molecule has 0 aliphatic carbocycles. The molecule has 5 nitrogen and oxygen atoms in total. The molecule has 20 heavy (non-hydrogen) atoms. The summed E-state index contributed by atoms with van der Waals surface area (Å²) in [5.74, 6) is 0. The minimum atomic E-state index is -3.82. The van der Waals surface area contributed by atoms with E-state index in [1.165, 1.54) is 12.1 Å². The van der Waals surface area contributed by atoms with Crippen molar-refractivity contribution >= 4 is 54.6 Å². The molecule has 0 heterocycles. The Hall–Kier alpha value is -1.28. The normalized spacial score (nSPS) is 11.3. The van der Waals surface area contributed by atoms with Crippen LogP contribution in [-0.2, 0) is 10.0 Å². The third-order valence-corrected chi connectivity index (χ3v) is 4.74. The lowest BCUT2D eigenvalue weighted by atomic mass is 10.2. The van der Waals surface area contributed by atoms with Crippen molar-refractivity contribution < 1.29 is 8.42 Å². The van der Waals surface area contributed by atoms with Crippen molar-refractivity contribution in [2.75, 3.05) is 11.1 Å². The van der Waals surface area contributed by atoms with Crippen LogP contribution in [0.2, 0.25) is 5.02 Å². The first-order valence-corrected chi connectivity index (χ1v) is 8.13. The third-order valence-electron chi connectivity index (χ3n) is 2.52. The molecule has 0 saturated carbocycles. The van der Waals surface area contributed by atoms with Crippen molar-refractivity contribution in [1.82, 2.24) is 0 Å². The molecule has 0 saturated heterocycles. The SMILES string of the molecule is Nc1cc(Nc2ccc(Br)c(Cl)c2)ccc1S(N)(=O)=O. The van der Waals surface area contributed by atoms with Gasteiger partial charge in [-0.1, -0.05) is 11.6 Å². The minimum absolute atomic E-state index is 0.0840. The second kappa shape index (κ2) is 5.61. The molecule has 106 valence electrons. The fourth-order valence-corrected chi connectivity index (χ4v) is 2.70. The van der Waals surface area contributed by atoms with Gasteiger partial charge in [-0.25, -0.2) is 13.6 Å². The van der Waals surface area contributed by atoms with Gasteiger partial charge >= 0.3 is 0 Å². The summed E-state index contributed by atoms with van der Waals surface area (Å²) < 4.78 is 23.3. The number of primary sulfonamides is 1. The van der Waals surface area contributed by atoms with Gasteiger partial charge in [-0.05, 0) is 52.3 Å². The number of nitrogens with two attached hydrogens (primary N) is 2. The summed E-state index contributed by atoms with van der Waals surface area (Å²) >= 11 is 9.29. The zero-order valence-corrected chi connectivity index (χ0v) is 13.3. The van der Waals surface area contributed by atoms with E-state index in [4.69, 9.17) is 22.5 Å². The van der Waals surface area contributed by atoms with Gasteiger partial charge in [0.05, 0.1) is 10.7 Å². The highest BCUT2D eigenvalue weighted by atomic mass is 79.9. The first-order valence-electron chi connectivity index (χ1n) is 5.42. The number of rotatable bonds is 3. The Morgan fingerprint density at radius 1 is 1.10 bits per heavy atom. The Bertz CT molecular complexity index is 765. The van der Waals surface area contributed by atoms with Gasteiger partial charge in [0.25, 0.3) is 0 Å². The van der Waals surface area contributed by atoms with Crippen LogP contribution in [0.4, 0.5) is 17.1 Å². The summed E-state index contributed by atoms with van der Waals surface area (Å²) in [6, 6.07) is 9.77. The van der Waals surface area contributed by atoms with Crippen molar-refractivity contribution in [2.24, 2.45) is 5.14 Å². The molecular formula is C12H11BrClN3O2S. The van der Waals surface area contributed by atoms with Crippen LogP contribution in [0.5, 0.6) is 0 Å². The molecule has 0 fully saturated rings. The van der Waals surface area contributed by atoms with E-state index in [9.17, 15) is 8.42 Å². The molecular weight excluding hydrogens is 366 g/mol. The van der Waals surface area contributed by atoms with E-state index in [0.717, 1.165) is 10.2 Å². The van der Waals surface area contributed by atoms with Crippen LogP contribution in [-0.4, -0.2) is 8.42 Å². The lowest BCUT2D eigenvalue weighted by Gasteiger charge is -2.10. The van der Waals surface area contributed by atoms with E-state index in [0.29, 0.717) is 10.7 Å². The maximum absolute atomic E-state index is 11.3. The third kappa shape index (κ3) is 3.43.